The largest absolute Gasteiger partial charge is 0.433 e. The van der Waals surface area contributed by atoms with Crippen molar-refractivity contribution in [3.8, 4) is 6.07 Å². The van der Waals surface area contributed by atoms with Gasteiger partial charge in [0, 0.05) is 5.69 Å². The molecule has 0 aromatic carbocycles. The highest BCUT2D eigenvalue weighted by atomic mass is 19.4. The third-order valence-corrected chi connectivity index (χ3v) is 1.79. The van der Waals surface area contributed by atoms with E-state index in [0.29, 0.717) is 0 Å². The summed E-state index contributed by atoms with van der Waals surface area (Å²) in [7, 11) is 0. The van der Waals surface area contributed by atoms with Crippen molar-refractivity contribution in [2.75, 3.05) is 0 Å². The molecule has 1 aromatic rings. The molecule has 7 heteroatoms. The second kappa shape index (κ2) is 4.04. The first kappa shape index (κ1) is 12.4. The van der Waals surface area contributed by atoms with E-state index in [1.807, 2.05) is 0 Å². The van der Waals surface area contributed by atoms with Crippen LogP contribution in [0, 0.1) is 18.3 Å². The Morgan fingerprint density at radius 3 is 2.31 bits per heavy atom. The molecule has 86 valence electrons. The Morgan fingerprint density at radius 2 is 1.94 bits per heavy atom. The van der Waals surface area contributed by atoms with Crippen LogP contribution in [0.15, 0.2) is 6.07 Å². The van der Waals surface area contributed by atoms with Crippen LogP contribution < -0.4 is 0 Å². The normalized spacial score (nSPS) is 11.6. The van der Waals surface area contributed by atoms with Gasteiger partial charge in [-0.3, -0.25) is 0 Å². The zero-order valence-corrected chi connectivity index (χ0v) is 7.94. The summed E-state index contributed by atoms with van der Waals surface area (Å²) < 4.78 is 62.1. The Kier molecular flexibility index (Phi) is 3.12. The first-order valence-corrected chi connectivity index (χ1v) is 4.04. The van der Waals surface area contributed by atoms with Gasteiger partial charge in [-0.05, 0) is 13.0 Å². The van der Waals surface area contributed by atoms with Gasteiger partial charge in [-0.2, -0.15) is 18.4 Å². The lowest BCUT2D eigenvalue weighted by Gasteiger charge is -2.13. The van der Waals surface area contributed by atoms with Gasteiger partial charge in [0.15, 0.2) is 5.69 Å². The molecule has 0 unspecified atom stereocenters. The van der Waals surface area contributed by atoms with Gasteiger partial charge in [0.1, 0.15) is 0 Å². The van der Waals surface area contributed by atoms with Crippen molar-refractivity contribution in [3.63, 3.8) is 0 Å². The molecule has 0 saturated carbocycles. The lowest BCUT2D eigenvalue weighted by molar-refractivity contribution is -0.143. The monoisotopic (exact) mass is 236 g/mol. The number of aromatic nitrogens is 1. The minimum atomic E-state index is -5.00. The molecule has 0 N–H and O–H groups in total. The first-order chi connectivity index (χ1) is 7.27. The molecule has 0 saturated heterocycles. The quantitative estimate of drug-likeness (QED) is 0.702. The molecule has 0 aliphatic heterocycles. The number of nitriles is 1. The topological polar surface area (TPSA) is 36.7 Å². The van der Waals surface area contributed by atoms with Crippen LogP contribution in [0.25, 0.3) is 0 Å². The Labute approximate surface area is 87.3 Å². The highest BCUT2D eigenvalue weighted by Crippen LogP contribution is 2.36. The molecular formula is C9H5F5N2. The van der Waals surface area contributed by atoms with E-state index in [0.717, 1.165) is 6.07 Å². The average Bonchev–Trinajstić information content (AvgIpc) is 2.14. The number of aryl methyl sites for hydroxylation is 1. The number of pyridine rings is 1. The van der Waals surface area contributed by atoms with Crippen LogP contribution in [-0.2, 0) is 6.18 Å². The summed E-state index contributed by atoms with van der Waals surface area (Å²) in [5.74, 6) is 0. The van der Waals surface area contributed by atoms with E-state index in [-0.39, 0.29) is 5.69 Å². The van der Waals surface area contributed by atoms with Crippen molar-refractivity contribution in [3.05, 3.63) is 28.6 Å². The van der Waals surface area contributed by atoms with Gasteiger partial charge in [-0.15, -0.1) is 0 Å². The van der Waals surface area contributed by atoms with E-state index in [1.54, 1.807) is 0 Å². The SMILES string of the molecule is Cc1cc(C#N)c(C(F)F)c(C(F)(F)F)n1. The van der Waals surface area contributed by atoms with Crippen LogP contribution in [0.1, 0.15) is 28.9 Å². The van der Waals surface area contributed by atoms with Crippen LogP contribution in [0.5, 0.6) is 0 Å². The zero-order chi connectivity index (χ0) is 12.5. The molecule has 0 amide bonds. The number of rotatable bonds is 1. The van der Waals surface area contributed by atoms with E-state index < -0.39 is 29.4 Å². The van der Waals surface area contributed by atoms with Crippen LogP contribution in [0.3, 0.4) is 0 Å². The van der Waals surface area contributed by atoms with Gasteiger partial charge in [-0.1, -0.05) is 0 Å². The van der Waals surface area contributed by atoms with Crippen molar-refractivity contribution in [2.24, 2.45) is 0 Å². The van der Waals surface area contributed by atoms with Gasteiger partial charge in [0.05, 0.1) is 17.2 Å². The van der Waals surface area contributed by atoms with Crippen molar-refractivity contribution in [1.29, 1.82) is 5.26 Å². The molecule has 1 heterocycles. The lowest BCUT2D eigenvalue weighted by atomic mass is 10.1. The molecule has 0 bridgehead atoms. The predicted molar refractivity (Wildman–Crippen MR) is 43.6 cm³/mol. The Morgan fingerprint density at radius 1 is 1.38 bits per heavy atom. The molecule has 1 rings (SSSR count). The second-order valence-corrected chi connectivity index (χ2v) is 2.98. The Bertz CT molecular complexity index is 444. The van der Waals surface area contributed by atoms with Crippen molar-refractivity contribution >= 4 is 0 Å². The summed E-state index contributed by atoms with van der Waals surface area (Å²) in [5, 5.41) is 8.50. The fourth-order valence-corrected chi connectivity index (χ4v) is 1.21. The molecule has 0 radical (unpaired) electrons. The lowest BCUT2D eigenvalue weighted by Crippen LogP contribution is -2.14. The van der Waals surface area contributed by atoms with Gasteiger partial charge in [-0.25, -0.2) is 13.8 Å². The molecular weight excluding hydrogens is 231 g/mol. The van der Waals surface area contributed by atoms with Gasteiger partial charge in [0.2, 0.25) is 0 Å². The van der Waals surface area contributed by atoms with E-state index >= 15 is 0 Å². The number of nitrogens with zero attached hydrogens (tertiary/aromatic N) is 2. The summed E-state index contributed by atoms with van der Waals surface area (Å²) in [6, 6.07) is 2.21. The standard InChI is InChI=1S/C9H5F5N2/c1-4-2-5(3-15)6(8(10)11)7(16-4)9(12,13)14/h2,8H,1H3. The Balaban J connectivity index is 3.59. The van der Waals surface area contributed by atoms with Gasteiger partial charge >= 0.3 is 6.18 Å². The van der Waals surface area contributed by atoms with E-state index in [9.17, 15) is 22.0 Å². The maximum absolute atomic E-state index is 12.4. The van der Waals surface area contributed by atoms with Crippen molar-refractivity contribution < 1.29 is 22.0 Å². The summed E-state index contributed by atoms with van der Waals surface area (Å²) in [5.41, 5.74) is -3.89. The summed E-state index contributed by atoms with van der Waals surface area (Å²) in [6.07, 6.45) is -8.39. The van der Waals surface area contributed by atoms with Crippen LogP contribution >= 0.6 is 0 Å². The minimum Gasteiger partial charge on any atom is -0.248 e. The number of hydrogen-bond acceptors (Lipinski definition) is 2. The summed E-state index contributed by atoms with van der Waals surface area (Å²) in [6.45, 7) is 1.20. The molecule has 0 spiro atoms. The van der Waals surface area contributed by atoms with Gasteiger partial charge < -0.3 is 0 Å². The first-order valence-electron chi connectivity index (χ1n) is 4.04. The zero-order valence-electron chi connectivity index (χ0n) is 7.94. The molecule has 0 aliphatic rings. The average molecular weight is 236 g/mol. The molecule has 0 aliphatic carbocycles. The fraction of sp³-hybridized carbons (Fsp3) is 0.333. The van der Waals surface area contributed by atoms with Crippen LogP contribution in [0.2, 0.25) is 0 Å². The predicted octanol–water partition coefficient (Wildman–Crippen LogP) is 3.22. The summed E-state index contributed by atoms with van der Waals surface area (Å²) >= 11 is 0. The maximum Gasteiger partial charge on any atom is 0.433 e. The van der Waals surface area contributed by atoms with Crippen LogP contribution in [0.4, 0.5) is 22.0 Å². The molecule has 0 fully saturated rings. The summed E-state index contributed by atoms with van der Waals surface area (Å²) in [4.78, 5) is 3.02. The van der Waals surface area contributed by atoms with E-state index in [1.165, 1.54) is 13.0 Å². The second-order valence-electron chi connectivity index (χ2n) is 2.98. The maximum atomic E-state index is 12.4. The highest BCUT2D eigenvalue weighted by molar-refractivity contribution is 5.43. The number of hydrogen-bond donors (Lipinski definition) is 0. The molecule has 0 atom stereocenters. The molecule has 16 heavy (non-hydrogen) atoms. The fourth-order valence-electron chi connectivity index (χ4n) is 1.21. The third kappa shape index (κ3) is 2.27. The van der Waals surface area contributed by atoms with E-state index in [4.69, 9.17) is 5.26 Å². The number of alkyl halides is 5. The Hall–Kier alpha value is -1.71. The minimum absolute atomic E-state index is 0.131. The van der Waals surface area contributed by atoms with Gasteiger partial charge in [0.25, 0.3) is 6.43 Å². The van der Waals surface area contributed by atoms with Crippen molar-refractivity contribution in [1.82, 2.24) is 4.98 Å². The van der Waals surface area contributed by atoms with Crippen molar-refractivity contribution in [2.45, 2.75) is 19.5 Å². The van der Waals surface area contributed by atoms with Crippen LogP contribution in [-0.4, -0.2) is 4.98 Å². The van der Waals surface area contributed by atoms with E-state index in [2.05, 4.69) is 4.98 Å². The smallest absolute Gasteiger partial charge is 0.248 e. The number of halogens is 5. The molecule has 2 nitrogen and oxygen atoms in total. The third-order valence-electron chi connectivity index (χ3n) is 1.79. The molecule has 1 aromatic heterocycles. The highest BCUT2D eigenvalue weighted by Gasteiger charge is 2.39.